The number of benzene rings is 1. The molecule has 0 radical (unpaired) electrons. The van der Waals surface area contributed by atoms with Crippen LogP contribution in [0.4, 0.5) is 0 Å². The average Bonchev–Trinajstić information content (AvgIpc) is 2.97. The zero-order valence-corrected chi connectivity index (χ0v) is 14.1. The summed E-state index contributed by atoms with van der Waals surface area (Å²) in [5.41, 5.74) is 6.57. The fourth-order valence-electron chi connectivity index (χ4n) is 3.57. The van der Waals surface area contributed by atoms with Gasteiger partial charge in [0.1, 0.15) is 11.8 Å². The zero-order valence-electron chi connectivity index (χ0n) is 14.1. The van der Waals surface area contributed by atoms with Gasteiger partial charge in [0, 0.05) is 0 Å². The molecule has 0 aliphatic heterocycles. The first-order valence-corrected chi connectivity index (χ1v) is 8.44. The Morgan fingerprint density at radius 3 is 3.00 bits per heavy atom. The highest BCUT2D eigenvalue weighted by molar-refractivity contribution is 5.95. The van der Waals surface area contributed by atoms with Gasteiger partial charge in [-0.2, -0.15) is 0 Å². The molecule has 0 spiro atoms. The Morgan fingerprint density at radius 1 is 1.39 bits per heavy atom. The lowest BCUT2D eigenvalue weighted by atomic mass is 9.84. The van der Waals surface area contributed by atoms with Crippen molar-refractivity contribution in [3.63, 3.8) is 0 Å². The molecular formula is C19H24N2O2. The summed E-state index contributed by atoms with van der Waals surface area (Å²) in [5.74, 6) is -0.0771. The fraction of sp³-hybridized carbons (Fsp3) is 0.474. The lowest BCUT2D eigenvalue weighted by molar-refractivity contribution is 0.0931. The Labute approximate surface area is 137 Å². The van der Waals surface area contributed by atoms with E-state index in [2.05, 4.69) is 43.4 Å². The molecule has 4 heteroatoms. The molecule has 1 aliphatic rings. The predicted octanol–water partition coefficient (Wildman–Crippen LogP) is 4.05. The molecule has 1 N–H and O–H groups in total. The zero-order chi connectivity index (χ0) is 16.4. The topological polar surface area (TPSA) is 55.1 Å². The van der Waals surface area contributed by atoms with Gasteiger partial charge >= 0.3 is 0 Å². The van der Waals surface area contributed by atoms with Crippen LogP contribution in [0.25, 0.3) is 0 Å². The Bertz CT molecular complexity index is 718. The van der Waals surface area contributed by atoms with Gasteiger partial charge in [-0.05, 0) is 56.2 Å². The van der Waals surface area contributed by atoms with Crippen LogP contribution in [-0.4, -0.2) is 11.1 Å². The van der Waals surface area contributed by atoms with Gasteiger partial charge in [0.25, 0.3) is 5.91 Å². The summed E-state index contributed by atoms with van der Waals surface area (Å²) in [6.45, 7) is 6.34. The lowest BCUT2D eigenvalue weighted by Gasteiger charge is -2.28. The van der Waals surface area contributed by atoms with Crippen molar-refractivity contribution in [2.45, 2.75) is 58.9 Å². The van der Waals surface area contributed by atoms with Crippen LogP contribution in [-0.2, 0) is 12.8 Å². The highest BCUT2D eigenvalue weighted by Gasteiger charge is 2.25. The number of carbonyl (C=O) groups is 1. The number of nitrogens with zero attached hydrogens (tertiary/aromatic N) is 1. The Morgan fingerprint density at radius 2 is 2.22 bits per heavy atom. The van der Waals surface area contributed by atoms with Crippen molar-refractivity contribution in [2.75, 3.05) is 0 Å². The second kappa shape index (κ2) is 6.57. The molecule has 1 unspecified atom stereocenters. The molecular weight excluding hydrogens is 288 g/mol. The van der Waals surface area contributed by atoms with Crippen LogP contribution in [0.1, 0.15) is 70.5 Å². The highest BCUT2D eigenvalue weighted by atomic mass is 16.5. The Balaban J connectivity index is 1.84. The van der Waals surface area contributed by atoms with E-state index in [0.717, 1.165) is 37.8 Å². The first-order chi connectivity index (χ1) is 11.1. The fourth-order valence-corrected chi connectivity index (χ4v) is 3.57. The summed E-state index contributed by atoms with van der Waals surface area (Å²) < 4.78 is 5.01. The number of hydrogen-bond acceptors (Lipinski definition) is 3. The molecule has 1 aliphatic carbocycles. The predicted molar refractivity (Wildman–Crippen MR) is 89.6 cm³/mol. The molecule has 1 amide bonds. The number of nitrogens with one attached hydrogen (secondary N) is 1. The second-order valence-electron chi connectivity index (χ2n) is 6.49. The van der Waals surface area contributed by atoms with Gasteiger partial charge in [0.05, 0.1) is 11.7 Å². The van der Waals surface area contributed by atoms with Gasteiger partial charge in [0.15, 0.2) is 0 Å². The van der Waals surface area contributed by atoms with Crippen molar-refractivity contribution >= 4 is 5.91 Å². The summed E-state index contributed by atoms with van der Waals surface area (Å²) >= 11 is 0. The lowest BCUT2D eigenvalue weighted by Crippen LogP contribution is -2.31. The maximum absolute atomic E-state index is 12.6. The molecule has 122 valence electrons. The molecule has 1 atom stereocenters. The van der Waals surface area contributed by atoms with Crippen LogP contribution in [0.15, 0.2) is 22.9 Å². The third-order valence-electron chi connectivity index (χ3n) is 4.63. The molecule has 2 aromatic rings. The third kappa shape index (κ3) is 3.16. The number of aryl methyl sites for hydroxylation is 3. The summed E-state index contributed by atoms with van der Waals surface area (Å²) in [6.07, 6.45) is 6.35. The van der Waals surface area contributed by atoms with Gasteiger partial charge in [-0.25, -0.2) is 0 Å². The van der Waals surface area contributed by atoms with Gasteiger partial charge in [-0.15, -0.1) is 0 Å². The molecule has 1 aromatic carbocycles. The maximum atomic E-state index is 12.6. The molecule has 0 bridgehead atoms. The number of amides is 1. The standard InChI is InChI=1S/C19H24N2O2/c1-4-6-18-16(11-23-21-18)19(22)20-17-8-5-7-14-13(3)9-12(2)10-15(14)17/h9-11,17H,4-8H2,1-3H3,(H,20,22). The van der Waals surface area contributed by atoms with Crippen molar-refractivity contribution in [3.05, 3.63) is 51.9 Å². The van der Waals surface area contributed by atoms with Gasteiger partial charge in [-0.3, -0.25) is 4.79 Å². The molecule has 1 heterocycles. The number of fused-ring (bicyclic) bond motifs is 1. The van der Waals surface area contributed by atoms with Crippen LogP contribution in [0.5, 0.6) is 0 Å². The van der Waals surface area contributed by atoms with Gasteiger partial charge in [-0.1, -0.05) is 36.2 Å². The van der Waals surface area contributed by atoms with E-state index < -0.39 is 0 Å². The van der Waals surface area contributed by atoms with E-state index >= 15 is 0 Å². The van der Waals surface area contributed by atoms with Gasteiger partial charge < -0.3 is 9.84 Å². The first kappa shape index (κ1) is 15.8. The maximum Gasteiger partial charge on any atom is 0.257 e. The molecule has 0 saturated heterocycles. The SMILES string of the molecule is CCCc1nocc1C(=O)NC1CCCc2c(C)cc(C)cc21. The van der Waals surface area contributed by atoms with E-state index in [-0.39, 0.29) is 11.9 Å². The van der Waals surface area contributed by atoms with Crippen LogP contribution in [0, 0.1) is 13.8 Å². The van der Waals surface area contributed by atoms with E-state index in [4.69, 9.17) is 4.52 Å². The smallest absolute Gasteiger partial charge is 0.257 e. The Kier molecular flexibility index (Phi) is 4.51. The number of aromatic nitrogens is 1. The molecule has 0 saturated carbocycles. The minimum Gasteiger partial charge on any atom is -0.364 e. The van der Waals surface area contributed by atoms with Crippen molar-refractivity contribution in [2.24, 2.45) is 0 Å². The van der Waals surface area contributed by atoms with Crippen molar-refractivity contribution in [1.29, 1.82) is 0 Å². The van der Waals surface area contributed by atoms with Crippen LogP contribution >= 0.6 is 0 Å². The average molecular weight is 312 g/mol. The van der Waals surface area contributed by atoms with E-state index in [1.807, 2.05) is 0 Å². The van der Waals surface area contributed by atoms with Crippen LogP contribution in [0.3, 0.4) is 0 Å². The quantitative estimate of drug-likeness (QED) is 0.926. The monoisotopic (exact) mass is 312 g/mol. The molecule has 3 rings (SSSR count). The summed E-state index contributed by atoms with van der Waals surface area (Å²) in [4.78, 5) is 12.6. The van der Waals surface area contributed by atoms with Gasteiger partial charge in [0.2, 0.25) is 0 Å². The Hall–Kier alpha value is -2.10. The molecule has 1 aromatic heterocycles. The van der Waals surface area contributed by atoms with E-state index in [1.165, 1.54) is 28.5 Å². The second-order valence-corrected chi connectivity index (χ2v) is 6.49. The molecule has 0 fully saturated rings. The number of hydrogen-bond donors (Lipinski definition) is 1. The third-order valence-corrected chi connectivity index (χ3v) is 4.63. The summed E-state index contributed by atoms with van der Waals surface area (Å²) in [5, 5.41) is 7.15. The van der Waals surface area contributed by atoms with Crippen molar-refractivity contribution < 1.29 is 9.32 Å². The van der Waals surface area contributed by atoms with E-state index in [0.29, 0.717) is 5.56 Å². The normalized spacial score (nSPS) is 16.9. The molecule has 4 nitrogen and oxygen atoms in total. The first-order valence-electron chi connectivity index (χ1n) is 8.44. The van der Waals surface area contributed by atoms with Crippen LogP contribution in [0.2, 0.25) is 0 Å². The highest BCUT2D eigenvalue weighted by Crippen LogP contribution is 2.33. The molecule has 23 heavy (non-hydrogen) atoms. The minimum atomic E-state index is -0.0771. The number of carbonyl (C=O) groups excluding carboxylic acids is 1. The van der Waals surface area contributed by atoms with Crippen molar-refractivity contribution in [3.8, 4) is 0 Å². The summed E-state index contributed by atoms with van der Waals surface area (Å²) in [7, 11) is 0. The summed E-state index contributed by atoms with van der Waals surface area (Å²) in [6, 6.07) is 4.52. The van der Waals surface area contributed by atoms with Crippen LogP contribution < -0.4 is 5.32 Å². The van der Waals surface area contributed by atoms with E-state index in [1.54, 1.807) is 0 Å². The largest absolute Gasteiger partial charge is 0.364 e. The minimum absolute atomic E-state index is 0.0771. The van der Waals surface area contributed by atoms with Crippen molar-refractivity contribution in [1.82, 2.24) is 10.5 Å². The van der Waals surface area contributed by atoms with E-state index in [9.17, 15) is 4.79 Å². The number of rotatable bonds is 4.